The second kappa shape index (κ2) is 8.83. The molecule has 0 spiro atoms. The Labute approximate surface area is 209 Å². The molecule has 7 nitrogen and oxygen atoms in total. The van der Waals surface area contributed by atoms with E-state index in [2.05, 4.69) is 15.4 Å². The van der Waals surface area contributed by atoms with Gasteiger partial charge in [-0.1, -0.05) is 29.8 Å². The molecule has 2 aromatic carbocycles. The number of aromatic amines is 1. The molecule has 1 aliphatic carbocycles. The van der Waals surface area contributed by atoms with Crippen molar-refractivity contribution in [2.24, 2.45) is 0 Å². The zero-order chi connectivity index (χ0) is 25.8. The van der Waals surface area contributed by atoms with Gasteiger partial charge in [-0.2, -0.15) is 5.10 Å². The van der Waals surface area contributed by atoms with Crippen LogP contribution >= 0.6 is 11.6 Å². The molecule has 1 unspecified atom stereocenters. The highest BCUT2D eigenvalue weighted by Gasteiger charge is 2.37. The maximum Gasteiger partial charge on any atom is 0.274 e. The van der Waals surface area contributed by atoms with Crippen LogP contribution in [-0.4, -0.2) is 31.2 Å². The summed E-state index contributed by atoms with van der Waals surface area (Å²) in [4.78, 5) is 29.3. The molecule has 0 radical (unpaired) electrons. The van der Waals surface area contributed by atoms with Crippen LogP contribution in [0.25, 0.3) is 16.8 Å². The van der Waals surface area contributed by atoms with E-state index in [1.165, 1.54) is 61.0 Å². The summed E-state index contributed by atoms with van der Waals surface area (Å²) in [5, 5.41) is 17.9. The number of H-pyrrole nitrogens is 1. The molecule has 5 rings (SSSR count). The summed E-state index contributed by atoms with van der Waals surface area (Å²) in [6.07, 6.45) is 3.13. The minimum Gasteiger partial charge on any atom is -0.388 e. The molecule has 2 aromatic heterocycles. The molecule has 10 heteroatoms. The van der Waals surface area contributed by atoms with Gasteiger partial charge in [0.05, 0.1) is 28.6 Å². The van der Waals surface area contributed by atoms with E-state index in [-0.39, 0.29) is 22.2 Å². The summed E-state index contributed by atoms with van der Waals surface area (Å²) in [5.74, 6) is -1.65. The van der Waals surface area contributed by atoms with Crippen molar-refractivity contribution < 1.29 is 18.7 Å². The molecule has 1 amide bonds. The van der Waals surface area contributed by atoms with E-state index in [1.54, 1.807) is 6.07 Å². The zero-order valence-electron chi connectivity index (χ0n) is 19.5. The molecule has 4 aromatic rings. The fourth-order valence-corrected chi connectivity index (χ4v) is 4.48. The highest BCUT2D eigenvalue weighted by molar-refractivity contribution is 6.30. The number of nitrogens with zero attached hydrogens (tertiary/aromatic N) is 2. The first-order valence-electron chi connectivity index (χ1n) is 11.4. The minimum absolute atomic E-state index is 0.00501. The molecule has 36 heavy (non-hydrogen) atoms. The Bertz CT molecular complexity index is 1540. The van der Waals surface area contributed by atoms with Gasteiger partial charge >= 0.3 is 0 Å². The lowest BCUT2D eigenvalue weighted by Gasteiger charge is -2.30. The molecular formula is C26H23ClF2N4O3. The van der Waals surface area contributed by atoms with Gasteiger partial charge in [0.25, 0.3) is 11.5 Å². The highest BCUT2D eigenvalue weighted by Crippen LogP contribution is 2.43. The standard InChI is InChI=1S/C26H23ClF2N4O3/c1-26(2,36)23(14-5-8-16(28)9-6-14)31-24(34)21-20(13-3-4-13)22-25(35)30-19(12-33(22)32-21)15-7-10-17(27)18(29)11-15/h5-13,23,36H,3-4H2,1-2H3,(H,30,35)(H,31,34). The lowest BCUT2D eigenvalue weighted by Crippen LogP contribution is -2.42. The van der Waals surface area contributed by atoms with Gasteiger partial charge in [0.2, 0.25) is 0 Å². The monoisotopic (exact) mass is 512 g/mol. The third-order valence-electron chi connectivity index (χ3n) is 6.28. The Morgan fingerprint density at radius 3 is 2.53 bits per heavy atom. The number of nitrogens with one attached hydrogen (secondary N) is 2. The Hall–Kier alpha value is -3.56. The normalized spacial score (nSPS) is 14.7. The molecule has 0 saturated heterocycles. The highest BCUT2D eigenvalue weighted by atomic mass is 35.5. The first-order valence-corrected chi connectivity index (χ1v) is 11.8. The Kier molecular flexibility index (Phi) is 5.92. The molecule has 1 aliphatic rings. The summed E-state index contributed by atoms with van der Waals surface area (Å²) < 4.78 is 28.8. The maximum absolute atomic E-state index is 14.0. The number of benzene rings is 2. The van der Waals surface area contributed by atoms with Gasteiger partial charge in [-0.15, -0.1) is 0 Å². The van der Waals surface area contributed by atoms with Crippen molar-refractivity contribution in [3.05, 3.63) is 92.5 Å². The Morgan fingerprint density at radius 1 is 1.22 bits per heavy atom. The summed E-state index contributed by atoms with van der Waals surface area (Å²) in [5.41, 5.74) is 0.199. The molecule has 1 fully saturated rings. The molecule has 2 heterocycles. The topological polar surface area (TPSA) is 99.5 Å². The van der Waals surface area contributed by atoms with Gasteiger partial charge in [-0.25, -0.2) is 13.3 Å². The van der Waals surface area contributed by atoms with Gasteiger partial charge in [-0.05, 0) is 62.4 Å². The fraction of sp³-hybridized carbons (Fsp3) is 0.269. The summed E-state index contributed by atoms with van der Waals surface area (Å²) in [6, 6.07) is 8.78. The number of rotatable bonds is 6. The first kappa shape index (κ1) is 24.1. The van der Waals surface area contributed by atoms with Crippen molar-refractivity contribution in [3.8, 4) is 11.3 Å². The van der Waals surface area contributed by atoms with E-state index in [9.17, 15) is 23.5 Å². The van der Waals surface area contributed by atoms with Crippen molar-refractivity contribution in [3.63, 3.8) is 0 Å². The van der Waals surface area contributed by atoms with Crippen LogP contribution in [0.5, 0.6) is 0 Å². The van der Waals surface area contributed by atoms with Crippen molar-refractivity contribution in [1.82, 2.24) is 19.9 Å². The maximum atomic E-state index is 14.0. The van der Waals surface area contributed by atoms with Gasteiger partial charge < -0.3 is 15.4 Å². The smallest absolute Gasteiger partial charge is 0.274 e. The lowest BCUT2D eigenvalue weighted by atomic mass is 9.91. The van der Waals surface area contributed by atoms with E-state index in [0.29, 0.717) is 22.4 Å². The number of hydrogen-bond donors (Lipinski definition) is 3. The van der Waals surface area contributed by atoms with Crippen molar-refractivity contribution in [2.75, 3.05) is 0 Å². The van der Waals surface area contributed by atoms with Crippen LogP contribution in [0.3, 0.4) is 0 Å². The van der Waals surface area contributed by atoms with E-state index in [4.69, 9.17) is 11.6 Å². The average Bonchev–Trinajstić information content (AvgIpc) is 3.58. The van der Waals surface area contributed by atoms with Crippen LogP contribution in [0.2, 0.25) is 5.02 Å². The molecule has 1 saturated carbocycles. The SMILES string of the molecule is CC(C)(O)C(NC(=O)c1nn2cc(-c3ccc(Cl)c(F)c3)[nH]c(=O)c2c1C1CC1)c1ccc(F)cc1. The van der Waals surface area contributed by atoms with Crippen molar-refractivity contribution in [1.29, 1.82) is 0 Å². The number of carbonyl (C=O) groups excluding carboxylic acids is 1. The van der Waals surface area contributed by atoms with Gasteiger partial charge in [0.15, 0.2) is 5.69 Å². The predicted molar refractivity (Wildman–Crippen MR) is 131 cm³/mol. The molecule has 1 atom stereocenters. The number of halogens is 3. The first-order chi connectivity index (χ1) is 17.0. The number of carbonyl (C=O) groups is 1. The van der Waals surface area contributed by atoms with Crippen LogP contribution in [0.1, 0.15) is 60.3 Å². The number of amides is 1. The summed E-state index contributed by atoms with van der Waals surface area (Å²) in [7, 11) is 0. The Morgan fingerprint density at radius 2 is 1.92 bits per heavy atom. The third kappa shape index (κ3) is 4.52. The predicted octanol–water partition coefficient (Wildman–Crippen LogP) is 4.74. The number of fused-ring (bicyclic) bond motifs is 1. The largest absolute Gasteiger partial charge is 0.388 e. The van der Waals surface area contributed by atoms with E-state index in [0.717, 1.165) is 12.8 Å². The van der Waals surface area contributed by atoms with E-state index < -0.39 is 34.7 Å². The number of aromatic nitrogens is 3. The summed E-state index contributed by atoms with van der Waals surface area (Å²) in [6.45, 7) is 3.07. The molecule has 186 valence electrons. The molecule has 0 aliphatic heterocycles. The number of aliphatic hydroxyl groups is 1. The van der Waals surface area contributed by atoms with Crippen LogP contribution < -0.4 is 10.9 Å². The van der Waals surface area contributed by atoms with Gasteiger partial charge in [0, 0.05) is 11.1 Å². The van der Waals surface area contributed by atoms with E-state index in [1.807, 2.05) is 0 Å². The third-order valence-corrected chi connectivity index (χ3v) is 6.58. The minimum atomic E-state index is -1.38. The van der Waals surface area contributed by atoms with Crippen LogP contribution in [0.15, 0.2) is 53.5 Å². The second-order valence-electron chi connectivity index (χ2n) is 9.57. The van der Waals surface area contributed by atoms with Crippen LogP contribution in [0.4, 0.5) is 8.78 Å². The van der Waals surface area contributed by atoms with Crippen molar-refractivity contribution in [2.45, 2.75) is 44.2 Å². The molecular weight excluding hydrogens is 490 g/mol. The van der Waals surface area contributed by atoms with Gasteiger partial charge in [0.1, 0.15) is 17.2 Å². The quantitative estimate of drug-likeness (QED) is 0.347. The number of hydrogen-bond acceptors (Lipinski definition) is 4. The summed E-state index contributed by atoms with van der Waals surface area (Å²) >= 11 is 5.78. The van der Waals surface area contributed by atoms with Crippen LogP contribution in [-0.2, 0) is 0 Å². The molecule has 0 bridgehead atoms. The van der Waals surface area contributed by atoms with E-state index >= 15 is 0 Å². The average molecular weight is 513 g/mol. The molecule has 3 N–H and O–H groups in total. The zero-order valence-corrected chi connectivity index (χ0v) is 20.2. The van der Waals surface area contributed by atoms with Crippen LogP contribution in [0, 0.1) is 11.6 Å². The van der Waals surface area contributed by atoms with Crippen molar-refractivity contribution >= 4 is 23.0 Å². The van der Waals surface area contributed by atoms with Gasteiger partial charge in [-0.3, -0.25) is 9.59 Å². The second-order valence-corrected chi connectivity index (χ2v) is 9.97. The lowest BCUT2D eigenvalue weighted by molar-refractivity contribution is 0.0342. The fourth-order valence-electron chi connectivity index (χ4n) is 4.36. The Balaban J connectivity index is 1.58.